The van der Waals surface area contributed by atoms with Crippen LogP contribution in [-0.2, 0) is 17.8 Å². The molecule has 0 spiro atoms. The molecule has 0 atom stereocenters. The van der Waals surface area contributed by atoms with E-state index < -0.39 is 0 Å². The van der Waals surface area contributed by atoms with E-state index in [1.807, 2.05) is 4.90 Å². The smallest absolute Gasteiger partial charge is 0.236 e. The number of carbonyl (C=O) groups is 1. The number of fused-ring (bicyclic) bond motifs is 1. The zero-order chi connectivity index (χ0) is 13.2. The quantitative estimate of drug-likeness (QED) is 0.910. The standard InChI is InChI=1S/C14H22N2OS/c1-14(2,3)10-15-8-13(17)16-6-4-12-11(9-16)5-7-18-12/h5,7,15H,4,6,8-10H2,1-3H3. The summed E-state index contributed by atoms with van der Waals surface area (Å²) in [6.45, 7) is 9.49. The highest BCUT2D eigenvalue weighted by molar-refractivity contribution is 7.10. The van der Waals surface area contributed by atoms with Crippen LogP contribution in [0.15, 0.2) is 11.4 Å². The van der Waals surface area contributed by atoms with Gasteiger partial charge in [0.15, 0.2) is 0 Å². The van der Waals surface area contributed by atoms with E-state index in [2.05, 4.69) is 37.5 Å². The van der Waals surface area contributed by atoms with E-state index in [0.717, 1.165) is 26.1 Å². The van der Waals surface area contributed by atoms with Gasteiger partial charge in [-0.1, -0.05) is 20.8 Å². The van der Waals surface area contributed by atoms with Gasteiger partial charge in [0.2, 0.25) is 5.91 Å². The molecule has 1 aliphatic rings. The SMILES string of the molecule is CC(C)(C)CNCC(=O)N1CCc2sccc2C1. The minimum Gasteiger partial charge on any atom is -0.337 e. The first kappa shape index (κ1) is 13.6. The molecule has 0 fully saturated rings. The van der Waals surface area contributed by atoms with Gasteiger partial charge in [0.05, 0.1) is 6.54 Å². The first-order valence-corrected chi connectivity index (χ1v) is 7.37. The van der Waals surface area contributed by atoms with Crippen LogP contribution in [0.1, 0.15) is 31.2 Å². The zero-order valence-corrected chi connectivity index (χ0v) is 12.3. The van der Waals surface area contributed by atoms with E-state index in [9.17, 15) is 4.79 Å². The van der Waals surface area contributed by atoms with Crippen molar-refractivity contribution in [3.8, 4) is 0 Å². The van der Waals surface area contributed by atoms with Gasteiger partial charge in [-0.3, -0.25) is 4.79 Å². The van der Waals surface area contributed by atoms with Crippen molar-refractivity contribution >= 4 is 17.2 Å². The number of rotatable bonds is 3. The van der Waals surface area contributed by atoms with Crippen molar-refractivity contribution in [1.82, 2.24) is 10.2 Å². The van der Waals surface area contributed by atoms with E-state index >= 15 is 0 Å². The second-order valence-corrected chi connectivity index (χ2v) is 7.10. The molecule has 1 aliphatic heterocycles. The summed E-state index contributed by atoms with van der Waals surface area (Å²) in [4.78, 5) is 15.5. The van der Waals surface area contributed by atoms with Gasteiger partial charge < -0.3 is 10.2 Å². The highest BCUT2D eigenvalue weighted by Crippen LogP contribution is 2.23. The Morgan fingerprint density at radius 1 is 1.50 bits per heavy atom. The largest absolute Gasteiger partial charge is 0.337 e. The van der Waals surface area contributed by atoms with Gasteiger partial charge in [0.25, 0.3) is 0 Å². The van der Waals surface area contributed by atoms with Crippen molar-refractivity contribution in [3.05, 3.63) is 21.9 Å². The molecule has 0 aliphatic carbocycles. The third kappa shape index (κ3) is 3.56. The Labute approximate surface area is 113 Å². The maximum absolute atomic E-state index is 12.1. The lowest BCUT2D eigenvalue weighted by Gasteiger charge is -2.28. The molecule has 100 valence electrons. The number of amides is 1. The van der Waals surface area contributed by atoms with Crippen LogP contribution in [-0.4, -0.2) is 30.4 Å². The Morgan fingerprint density at radius 2 is 2.28 bits per heavy atom. The van der Waals surface area contributed by atoms with E-state index in [4.69, 9.17) is 0 Å². The summed E-state index contributed by atoms with van der Waals surface area (Å²) in [6, 6.07) is 2.14. The first-order chi connectivity index (χ1) is 8.46. The van der Waals surface area contributed by atoms with Gasteiger partial charge in [0, 0.05) is 24.5 Å². The Morgan fingerprint density at radius 3 is 3.00 bits per heavy atom. The predicted octanol–water partition coefficient (Wildman–Crippen LogP) is 2.27. The molecule has 0 bridgehead atoms. The summed E-state index contributed by atoms with van der Waals surface area (Å²) in [5.41, 5.74) is 1.55. The third-order valence-electron chi connectivity index (χ3n) is 3.09. The molecule has 1 aromatic rings. The van der Waals surface area contributed by atoms with Crippen LogP contribution >= 0.6 is 11.3 Å². The van der Waals surface area contributed by atoms with Crippen molar-refractivity contribution < 1.29 is 4.79 Å². The molecule has 0 aromatic carbocycles. The second-order valence-electron chi connectivity index (χ2n) is 6.10. The number of nitrogens with one attached hydrogen (secondary N) is 1. The van der Waals surface area contributed by atoms with Crippen LogP contribution in [0.4, 0.5) is 0 Å². The average Bonchev–Trinajstić information content (AvgIpc) is 2.73. The molecule has 2 heterocycles. The van der Waals surface area contributed by atoms with Gasteiger partial charge in [-0.25, -0.2) is 0 Å². The number of carbonyl (C=O) groups excluding carboxylic acids is 1. The molecular formula is C14H22N2OS. The van der Waals surface area contributed by atoms with Crippen LogP contribution in [0.2, 0.25) is 0 Å². The van der Waals surface area contributed by atoms with E-state index in [1.54, 1.807) is 11.3 Å². The zero-order valence-electron chi connectivity index (χ0n) is 11.5. The van der Waals surface area contributed by atoms with Gasteiger partial charge in [-0.15, -0.1) is 11.3 Å². The number of hydrogen-bond donors (Lipinski definition) is 1. The molecule has 1 aromatic heterocycles. The molecule has 0 radical (unpaired) electrons. The maximum Gasteiger partial charge on any atom is 0.236 e. The summed E-state index contributed by atoms with van der Waals surface area (Å²) in [5.74, 6) is 0.219. The van der Waals surface area contributed by atoms with Crippen LogP contribution in [0.5, 0.6) is 0 Å². The molecular weight excluding hydrogens is 244 g/mol. The molecule has 2 rings (SSSR count). The van der Waals surface area contributed by atoms with Crippen LogP contribution < -0.4 is 5.32 Å². The molecule has 3 nitrogen and oxygen atoms in total. The topological polar surface area (TPSA) is 32.3 Å². The van der Waals surface area contributed by atoms with Crippen LogP contribution in [0, 0.1) is 5.41 Å². The number of thiophene rings is 1. The third-order valence-corrected chi connectivity index (χ3v) is 4.11. The lowest BCUT2D eigenvalue weighted by molar-refractivity contribution is -0.131. The van der Waals surface area contributed by atoms with E-state index in [0.29, 0.717) is 6.54 Å². The minimum atomic E-state index is 0.219. The minimum absolute atomic E-state index is 0.219. The fourth-order valence-corrected chi connectivity index (χ4v) is 3.01. The van der Waals surface area contributed by atoms with E-state index in [-0.39, 0.29) is 11.3 Å². The second kappa shape index (κ2) is 5.41. The monoisotopic (exact) mass is 266 g/mol. The van der Waals surface area contributed by atoms with Crippen molar-refractivity contribution in [2.75, 3.05) is 19.6 Å². The number of hydrogen-bond acceptors (Lipinski definition) is 3. The van der Waals surface area contributed by atoms with Crippen LogP contribution in [0.3, 0.4) is 0 Å². The highest BCUT2D eigenvalue weighted by Gasteiger charge is 2.21. The number of nitrogens with zero attached hydrogens (tertiary/aromatic N) is 1. The molecule has 0 saturated carbocycles. The molecule has 1 N–H and O–H groups in total. The van der Waals surface area contributed by atoms with Gasteiger partial charge >= 0.3 is 0 Å². The summed E-state index contributed by atoms with van der Waals surface area (Å²) >= 11 is 1.81. The van der Waals surface area contributed by atoms with Gasteiger partial charge in [0.1, 0.15) is 0 Å². The van der Waals surface area contributed by atoms with E-state index in [1.165, 1.54) is 10.4 Å². The summed E-state index contributed by atoms with van der Waals surface area (Å²) < 4.78 is 0. The van der Waals surface area contributed by atoms with Gasteiger partial charge in [-0.2, -0.15) is 0 Å². The molecule has 0 unspecified atom stereocenters. The fourth-order valence-electron chi connectivity index (χ4n) is 2.12. The summed E-state index contributed by atoms with van der Waals surface area (Å²) in [5, 5.41) is 5.37. The fraction of sp³-hybridized carbons (Fsp3) is 0.643. The van der Waals surface area contributed by atoms with Gasteiger partial charge in [-0.05, 0) is 28.8 Å². The molecule has 18 heavy (non-hydrogen) atoms. The molecule has 4 heteroatoms. The van der Waals surface area contributed by atoms with Crippen molar-refractivity contribution in [2.45, 2.75) is 33.7 Å². The van der Waals surface area contributed by atoms with Crippen molar-refractivity contribution in [2.24, 2.45) is 5.41 Å². The Bertz CT molecular complexity index is 420. The summed E-state index contributed by atoms with van der Waals surface area (Å²) in [6.07, 6.45) is 1.01. The lowest BCUT2D eigenvalue weighted by Crippen LogP contribution is -2.42. The summed E-state index contributed by atoms with van der Waals surface area (Å²) in [7, 11) is 0. The molecule has 0 saturated heterocycles. The Balaban J connectivity index is 1.81. The lowest BCUT2D eigenvalue weighted by atomic mass is 9.97. The van der Waals surface area contributed by atoms with Crippen LogP contribution in [0.25, 0.3) is 0 Å². The van der Waals surface area contributed by atoms with Crippen molar-refractivity contribution in [3.63, 3.8) is 0 Å². The highest BCUT2D eigenvalue weighted by atomic mass is 32.1. The van der Waals surface area contributed by atoms with Crippen molar-refractivity contribution in [1.29, 1.82) is 0 Å². The first-order valence-electron chi connectivity index (χ1n) is 6.49. The maximum atomic E-state index is 12.1. The average molecular weight is 266 g/mol. The Hall–Kier alpha value is -0.870. The normalized spacial score (nSPS) is 15.6. The Kier molecular flexibility index (Phi) is 4.07. The predicted molar refractivity (Wildman–Crippen MR) is 75.8 cm³/mol. The molecule has 1 amide bonds.